The van der Waals surface area contributed by atoms with Crippen LogP contribution < -0.4 is 15.8 Å². The lowest BCUT2D eigenvalue weighted by atomic mass is 10.0. The topological polar surface area (TPSA) is 134 Å². The van der Waals surface area contributed by atoms with Crippen molar-refractivity contribution >= 4 is 17.5 Å². The molecule has 0 fully saturated rings. The molecule has 134 valence electrons. The van der Waals surface area contributed by atoms with Gasteiger partial charge in [-0.2, -0.15) is 4.98 Å². The smallest absolute Gasteiger partial charge is 0.329 e. The quantitative estimate of drug-likeness (QED) is 0.506. The summed E-state index contributed by atoms with van der Waals surface area (Å²) in [6.07, 6.45) is 4.55. The Morgan fingerprint density at radius 1 is 1.35 bits per heavy atom. The molecule has 0 saturated heterocycles. The summed E-state index contributed by atoms with van der Waals surface area (Å²) in [5, 5.41) is 14.0. The van der Waals surface area contributed by atoms with E-state index >= 15 is 0 Å². The van der Waals surface area contributed by atoms with Crippen molar-refractivity contribution in [3.63, 3.8) is 0 Å². The first-order chi connectivity index (χ1) is 12.5. The number of para-hydroxylation sites is 1. The number of nitrogen functional groups attached to an aromatic ring is 1. The van der Waals surface area contributed by atoms with Gasteiger partial charge in [0.25, 0.3) is 0 Å². The summed E-state index contributed by atoms with van der Waals surface area (Å²) in [6.45, 7) is 0. The number of nitrogens with one attached hydrogen (secondary N) is 1. The molecule has 0 saturated carbocycles. The van der Waals surface area contributed by atoms with Crippen LogP contribution in [0.15, 0.2) is 42.9 Å². The SMILES string of the molecule is COc1ccccc1[C@@H](Nc1ncc([N+](=O)[O-])c(N)n1)c1nccn1C. The molecule has 0 aliphatic carbocycles. The number of rotatable bonds is 6. The molecule has 0 aliphatic heterocycles. The number of hydrogen-bond donors (Lipinski definition) is 2. The third-order valence-corrected chi connectivity index (χ3v) is 3.83. The number of aromatic nitrogens is 4. The fourth-order valence-electron chi connectivity index (χ4n) is 2.57. The third kappa shape index (κ3) is 3.24. The summed E-state index contributed by atoms with van der Waals surface area (Å²) in [5.74, 6) is 1.27. The van der Waals surface area contributed by atoms with Crippen LogP contribution in [0.2, 0.25) is 0 Å². The van der Waals surface area contributed by atoms with Crippen LogP contribution >= 0.6 is 0 Å². The van der Waals surface area contributed by atoms with Crippen molar-refractivity contribution in [3.05, 3.63) is 64.4 Å². The summed E-state index contributed by atoms with van der Waals surface area (Å²) in [6, 6.07) is 7.00. The van der Waals surface area contributed by atoms with E-state index in [9.17, 15) is 10.1 Å². The molecule has 3 rings (SSSR count). The van der Waals surface area contributed by atoms with Crippen LogP contribution in [0, 0.1) is 10.1 Å². The number of hydrogen-bond acceptors (Lipinski definition) is 8. The molecule has 26 heavy (non-hydrogen) atoms. The maximum atomic E-state index is 10.9. The molecule has 0 aliphatic rings. The first-order valence-electron chi connectivity index (χ1n) is 7.65. The summed E-state index contributed by atoms with van der Waals surface area (Å²) < 4.78 is 7.29. The molecule has 10 heteroatoms. The van der Waals surface area contributed by atoms with Gasteiger partial charge in [-0.3, -0.25) is 10.1 Å². The predicted molar refractivity (Wildman–Crippen MR) is 94.8 cm³/mol. The lowest BCUT2D eigenvalue weighted by molar-refractivity contribution is -0.384. The summed E-state index contributed by atoms with van der Waals surface area (Å²) in [4.78, 5) is 22.6. The number of aryl methyl sites for hydroxylation is 1. The molecular formula is C16H17N7O3. The van der Waals surface area contributed by atoms with Gasteiger partial charge < -0.3 is 20.4 Å². The van der Waals surface area contributed by atoms with Gasteiger partial charge in [0.1, 0.15) is 23.8 Å². The third-order valence-electron chi connectivity index (χ3n) is 3.83. The van der Waals surface area contributed by atoms with Gasteiger partial charge in [0.15, 0.2) is 0 Å². The highest BCUT2D eigenvalue weighted by Crippen LogP contribution is 2.31. The van der Waals surface area contributed by atoms with E-state index in [1.165, 1.54) is 0 Å². The lowest BCUT2D eigenvalue weighted by Crippen LogP contribution is -2.19. The first-order valence-corrected chi connectivity index (χ1v) is 7.65. The minimum atomic E-state index is -0.629. The molecule has 2 aromatic heterocycles. The van der Waals surface area contributed by atoms with Crippen LogP contribution in [0.1, 0.15) is 17.4 Å². The minimum Gasteiger partial charge on any atom is -0.496 e. The largest absolute Gasteiger partial charge is 0.496 e. The van der Waals surface area contributed by atoms with Crippen LogP contribution in [-0.2, 0) is 7.05 Å². The highest BCUT2D eigenvalue weighted by Gasteiger charge is 2.24. The molecule has 10 nitrogen and oxygen atoms in total. The van der Waals surface area contributed by atoms with Gasteiger partial charge in [-0.1, -0.05) is 18.2 Å². The van der Waals surface area contributed by atoms with E-state index in [4.69, 9.17) is 10.5 Å². The molecule has 1 aromatic carbocycles. The fourth-order valence-corrected chi connectivity index (χ4v) is 2.57. The Balaban J connectivity index is 2.04. The molecule has 0 spiro atoms. The maximum absolute atomic E-state index is 10.9. The Kier molecular flexibility index (Phi) is 4.65. The number of anilines is 2. The number of nitrogens with zero attached hydrogens (tertiary/aromatic N) is 5. The summed E-state index contributed by atoms with van der Waals surface area (Å²) in [5.41, 5.74) is 6.13. The van der Waals surface area contributed by atoms with Crippen LogP contribution in [0.3, 0.4) is 0 Å². The second kappa shape index (κ2) is 7.05. The van der Waals surface area contributed by atoms with Gasteiger partial charge in [-0.05, 0) is 6.07 Å². The molecule has 0 amide bonds. The van der Waals surface area contributed by atoms with Gasteiger partial charge in [-0.15, -0.1) is 0 Å². The second-order valence-corrected chi connectivity index (χ2v) is 5.44. The van der Waals surface area contributed by atoms with E-state index in [1.807, 2.05) is 42.1 Å². The molecule has 1 atom stereocenters. The number of nitrogens with two attached hydrogens (primary N) is 1. The molecule has 3 aromatic rings. The average Bonchev–Trinajstić information content (AvgIpc) is 3.05. The van der Waals surface area contributed by atoms with E-state index in [2.05, 4.69) is 20.3 Å². The lowest BCUT2D eigenvalue weighted by Gasteiger charge is -2.21. The maximum Gasteiger partial charge on any atom is 0.329 e. The highest BCUT2D eigenvalue weighted by molar-refractivity contribution is 5.54. The standard InChI is InChI=1S/C16H17N7O3/c1-22-8-7-18-15(22)13(10-5-3-4-6-12(10)26-2)20-16-19-9-11(23(24)25)14(17)21-16/h3-9,13H,1-2H3,(H3,17,19,20,21)/t13-/m1/s1. The van der Waals surface area contributed by atoms with E-state index in [0.29, 0.717) is 11.6 Å². The van der Waals surface area contributed by atoms with Crippen molar-refractivity contribution in [2.24, 2.45) is 7.05 Å². The van der Waals surface area contributed by atoms with Crippen molar-refractivity contribution in [1.82, 2.24) is 19.5 Å². The van der Waals surface area contributed by atoms with E-state index < -0.39 is 11.0 Å². The highest BCUT2D eigenvalue weighted by atomic mass is 16.6. The molecule has 0 radical (unpaired) electrons. The monoisotopic (exact) mass is 355 g/mol. The Morgan fingerprint density at radius 3 is 2.73 bits per heavy atom. The van der Waals surface area contributed by atoms with Crippen molar-refractivity contribution in [3.8, 4) is 5.75 Å². The minimum absolute atomic E-state index is 0.145. The summed E-state index contributed by atoms with van der Waals surface area (Å²) in [7, 11) is 3.44. The number of methoxy groups -OCH3 is 1. The van der Waals surface area contributed by atoms with E-state index in [-0.39, 0.29) is 17.5 Å². The molecule has 2 heterocycles. The number of ether oxygens (including phenoxy) is 1. The number of imidazole rings is 1. The van der Waals surface area contributed by atoms with Crippen LogP contribution in [-0.4, -0.2) is 31.6 Å². The van der Waals surface area contributed by atoms with Gasteiger partial charge in [0.2, 0.25) is 11.8 Å². The van der Waals surface area contributed by atoms with Crippen molar-refractivity contribution in [2.45, 2.75) is 6.04 Å². The first kappa shape index (κ1) is 17.1. The van der Waals surface area contributed by atoms with Crippen LogP contribution in [0.25, 0.3) is 0 Å². The number of nitro groups is 1. The van der Waals surface area contributed by atoms with Gasteiger partial charge >= 0.3 is 5.69 Å². The zero-order chi connectivity index (χ0) is 18.7. The second-order valence-electron chi connectivity index (χ2n) is 5.44. The van der Waals surface area contributed by atoms with Crippen LogP contribution in [0.5, 0.6) is 5.75 Å². The Morgan fingerprint density at radius 2 is 2.12 bits per heavy atom. The Bertz CT molecular complexity index is 941. The molecule has 0 bridgehead atoms. The Hall–Kier alpha value is -3.69. The van der Waals surface area contributed by atoms with Gasteiger partial charge in [0.05, 0.1) is 12.0 Å². The normalized spacial score (nSPS) is 11.8. The number of benzene rings is 1. The zero-order valence-electron chi connectivity index (χ0n) is 14.2. The van der Waals surface area contributed by atoms with Crippen molar-refractivity contribution in [1.29, 1.82) is 0 Å². The molecule has 3 N–H and O–H groups in total. The zero-order valence-corrected chi connectivity index (χ0v) is 14.2. The van der Waals surface area contributed by atoms with Crippen molar-refractivity contribution in [2.75, 3.05) is 18.2 Å². The predicted octanol–water partition coefficient (Wildman–Crippen LogP) is 1.91. The molecular weight excluding hydrogens is 338 g/mol. The fraction of sp³-hybridized carbons (Fsp3) is 0.188. The average molecular weight is 355 g/mol. The van der Waals surface area contributed by atoms with E-state index in [0.717, 1.165) is 11.8 Å². The van der Waals surface area contributed by atoms with Crippen molar-refractivity contribution < 1.29 is 9.66 Å². The van der Waals surface area contributed by atoms with Gasteiger partial charge in [-0.25, -0.2) is 9.97 Å². The Labute approximate surface area is 148 Å². The van der Waals surface area contributed by atoms with Gasteiger partial charge in [0, 0.05) is 25.0 Å². The van der Waals surface area contributed by atoms with E-state index in [1.54, 1.807) is 13.3 Å². The molecule has 0 unspecified atom stereocenters. The summed E-state index contributed by atoms with van der Waals surface area (Å²) >= 11 is 0. The van der Waals surface area contributed by atoms with Crippen LogP contribution in [0.4, 0.5) is 17.5 Å².